The number of carbonyl (C=O) groups excluding carboxylic acids is 1. The predicted molar refractivity (Wildman–Crippen MR) is 80.7 cm³/mol. The van der Waals surface area contributed by atoms with E-state index in [9.17, 15) is 4.79 Å². The van der Waals surface area contributed by atoms with Crippen LogP contribution in [-0.2, 0) is 9.47 Å². The van der Waals surface area contributed by atoms with Crippen molar-refractivity contribution in [1.29, 1.82) is 0 Å². The Kier molecular flexibility index (Phi) is 5.92. The van der Waals surface area contributed by atoms with Crippen molar-refractivity contribution in [2.75, 3.05) is 47.1 Å². The Balaban J connectivity index is 2.06. The van der Waals surface area contributed by atoms with E-state index < -0.39 is 0 Å². The first-order valence-corrected chi connectivity index (χ1v) is 6.96. The molecule has 0 saturated heterocycles. The van der Waals surface area contributed by atoms with Crippen LogP contribution in [0.5, 0.6) is 0 Å². The molecule has 0 amide bonds. The van der Waals surface area contributed by atoms with Gasteiger partial charge in [-0.1, -0.05) is 18.2 Å². The molecule has 114 valence electrons. The molecule has 0 bridgehead atoms. The molecule has 0 aliphatic rings. The van der Waals surface area contributed by atoms with Crippen LogP contribution in [0.2, 0.25) is 0 Å². The van der Waals surface area contributed by atoms with Gasteiger partial charge in [0, 0.05) is 32.7 Å². The van der Waals surface area contributed by atoms with Crippen molar-refractivity contribution in [1.82, 2.24) is 4.90 Å². The number of furan rings is 1. The molecule has 0 fully saturated rings. The zero-order valence-corrected chi connectivity index (χ0v) is 12.5. The fraction of sp³-hybridized carbons (Fsp3) is 0.438. The van der Waals surface area contributed by atoms with Gasteiger partial charge in [-0.3, -0.25) is 9.69 Å². The van der Waals surface area contributed by atoms with E-state index in [2.05, 4.69) is 0 Å². The molecule has 5 nitrogen and oxygen atoms in total. The minimum absolute atomic E-state index is 0.0483. The topological polar surface area (TPSA) is 51.9 Å². The van der Waals surface area contributed by atoms with Crippen LogP contribution in [0.1, 0.15) is 10.4 Å². The monoisotopic (exact) mass is 291 g/mol. The van der Waals surface area contributed by atoms with Crippen LogP contribution in [-0.4, -0.2) is 57.8 Å². The lowest BCUT2D eigenvalue weighted by Gasteiger charge is -2.20. The second-order valence-electron chi connectivity index (χ2n) is 4.83. The fourth-order valence-corrected chi connectivity index (χ4v) is 2.19. The number of carbonyl (C=O) groups is 1. The number of ketones is 1. The van der Waals surface area contributed by atoms with Crippen molar-refractivity contribution in [3.63, 3.8) is 0 Å². The van der Waals surface area contributed by atoms with Gasteiger partial charge >= 0.3 is 0 Å². The summed E-state index contributed by atoms with van der Waals surface area (Å²) in [6.45, 7) is 2.89. The fourth-order valence-electron chi connectivity index (χ4n) is 2.19. The third-order valence-corrected chi connectivity index (χ3v) is 3.37. The maximum atomic E-state index is 12.5. The molecule has 2 aromatic rings. The van der Waals surface area contributed by atoms with Crippen LogP contribution in [0.3, 0.4) is 0 Å². The van der Waals surface area contributed by atoms with E-state index in [1.54, 1.807) is 14.2 Å². The highest BCUT2D eigenvalue weighted by molar-refractivity contribution is 6.08. The SMILES string of the molecule is COCCN(CCOC)CC(=O)c1coc2ccccc12. The summed E-state index contributed by atoms with van der Waals surface area (Å²) < 4.78 is 15.6. The van der Waals surface area contributed by atoms with Gasteiger partial charge in [0.05, 0.1) is 25.3 Å². The molecule has 0 N–H and O–H groups in total. The number of methoxy groups -OCH3 is 2. The molecule has 1 heterocycles. The van der Waals surface area contributed by atoms with Gasteiger partial charge in [-0.15, -0.1) is 0 Å². The Morgan fingerprint density at radius 3 is 2.48 bits per heavy atom. The average molecular weight is 291 g/mol. The number of ether oxygens (including phenoxy) is 2. The third-order valence-electron chi connectivity index (χ3n) is 3.37. The Morgan fingerprint density at radius 2 is 1.81 bits per heavy atom. The van der Waals surface area contributed by atoms with E-state index in [1.807, 2.05) is 29.2 Å². The number of benzene rings is 1. The standard InChI is InChI=1S/C16H21NO4/c1-19-9-7-17(8-10-20-2)11-15(18)14-12-21-16-6-4-3-5-13(14)16/h3-6,12H,7-11H2,1-2H3. The highest BCUT2D eigenvalue weighted by Gasteiger charge is 2.16. The minimum atomic E-state index is 0.0483. The molecule has 21 heavy (non-hydrogen) atoms. The van der Waals surface area contributed by atoms with Crippen LogP contribution in [0.4, 0.5) is 0 Å². The zero-order chi connectivity index (χ0) is 15.1. The lowest BCUT2D eigenvalue weighted by Crippen LogP contribution is -2.35. The second-order valence-corrected chi connectivity index (χ2v) is 4.83. The van der Waals surface area contributed by atoms with E-state index in [0.717, 1.165) is 11.0 Å². The third kappa shape index (κ3) is 4.14. The first kappa shape index (κ1) is 15.7. The molecule has 0 radical (unpaired) electrons. The number of nitrogens with zero attached hydrogens (tertiary/aromatic N) is 1. The summed E-state index contributed by atoms with van der Waals surface area (Å²) >= 11 is 0. The molecule has 0 unspecified atom stereocenters. The van der Waals surface area contributed by atoms with Gasteiger partial charge in [0.1, 0.15) is 11.8 Å². The van der Waals surface area contributed by atoms with Crippen molar-refractivity contribution in [3.05, 3.63) is 36.1 Å². The highest BCUT2D eigenvalue weighted by atomic mass is 16.5. The molecular formula is C16H21NO4. The molecule has 0 atom stereocenters. The van der Waals surface area contributed by atoms with E-state index in [1.165, 1.54) is 6.26 Å². The number of fused-ring (bicyclic) bond motifs is 1. The summed E-state index contributed by atoms with van der Waals surface area (Å²) in [4.78, 5) is 14.5. The van der Waals surface area contributed by atoms with E-state index in [-0.39, 0.29) is 5.78 Å². The molecule has 0 saturated carbocycles. The number of rotatable bonds is 9. The second kappa shape index (κ2) is 7.93. The zero-order valence-electron chi connectivity index (χ0n) is 12.5. The minimum Gasteiger partial charge on any atom is -0.464 e. The highest BCUT2D eigenvalue weighted by Crippen LogP contribution is 2.21. The number of Topliss-reactive ketones (excluding diaryl/α,β-unsaturated/α-hetero) is 1. The predicted octanol–water partition coefficient (Wildman–Crippen LogP) is 2.21. The van der Waals surface area contributed by atoms with E-state index in [0.29, 0.717) is 38.4 Å². The van der Waals surface area contributed by atoms with Gasteiger partial charge in [-0.2, -0.15) is 0 Å². The molecule has 1 aromatic heterocycles. The van der Waals surface area contributed by atoms with Crippen LogP contribution < -0.4 is 0 Å². The molecule has 0 aliphatic heterocycles. The molecule has 2 rings (SSSR count). The van der Waals surface area contributed by atoms with Crippen LogP contribution in [0.25, 0.3) is 11.0 Å². The summed E-state index contributed by atoms with van der Waals surface area (Å²) in [6.07, 6.45) is 1.54. The quantitative estimate of drug-likeness (QED) is 0.663. The Bertz CT molecular complexity index is 570. The van der Waals surface area contributed by atoms with E-state index >= 15 is 0 Å². The van der Waals surface area contributed by atoms with Crippen LogP contribution in [0.15, 0.2) is 34.9 Å². The molecular weight excluding hydrogens is 270 g/mol. The first-order chi connectivity index (χ1) is 10.3. The van der Waals surface area contributed by atoms with Crippen molar-refractivity contribution >= 4 is 16.8 Å². The number of hydrogen-bond donors (Lipinski definition) is 0. The Labute approximate surface area is 124 Å². The Hall–Kier alpha value is -1.69. The number of hydrogen-bond acceptors (Lipinski definition) is 5. The lowest BCUT2D eigenvalue weighted by molar-refractivity contribution is 0.0838. The van der Waals surface area contributed by atoms with Gasteiger partial charge in [-0.05, 0) is 6.07 Å². The maximum absolute atomic E-state index is 12.5. The molecule has 0 aliphatic carbocycles. The molecule has 1 aromatic carbocycles. The number of para-hydroxylation sites is 1. The van der Waals surface area contributed by atoms with Gasteiger partial charge in [0.15, 0.2) is 5.78 Å². The van der Waals surface area contributed by atoms with Crippen molar-refractivity contribution in [3.8, 4) is 0 Å². The van der Waals surface area contributed by atoms with Crippen molar-refractivity contribution < 1.29 is 18.7 Å². The Morgan fingerprint density at radius 1 is 1.14 bits per heavy atom. The summed E-state index contributed by atoms with van der Waals surface area (Å²) in [6, 6.07) is 7.56. The smallest absolute Gasteiger partial charge is 0.180 e. The summed E-state index contributed by atoms with van der Waals surface area (Å²) in [5.41, 5.74) is 1.37. The summed E-state index contributed by atoms with van der Waals surface area (Å²) in [5.74, 6) is 0.0483. The van der Waals surface area contributed by atoms with Gasteiger partial charge in [-0.25, -0.2) is 0 Å². The first-order valence-electron chi connectivity index (χ1n) is 6.96. The van der Waals surface area contributed by atoms with Gasteiger partial charge in [0.2, 0.25) is 0 Å². The van der Waals surface area contributed by atoms with Crippen molar-refractivity contribution in [2.24, 2.45) is 0 Å². The van der Waals surface area contributed by atoms with Gasteiger partial charge in [0.25, 0.3) is 0 Å². The van der Waals surface area contributed by atoms with E-state index in [4.69, 9.17) is 13.9 Å². The summed E-state index contributed by atoms with van der Waals surface area (Å²) in [7, 11) is 3.31. The normalized spacial score (nSPS) is 11.4. The lowest BCUT2D eigenvalue weighted by atomic mass is 10.1. The summed E-state index contributed by atoms with van der Waals surface area (Å²) in [5, 5.41) is 0.862. The van der Waals surface area contributed by atoms with Crippen LogP contribution >= 0.6 is 0 Å². The van der Waals surface area contributed by atoms with Gasteiger partial charge < -0.3 is 13.9 Å². The maximum Gasteiger partial charge on any atom is 0.180 e. The molecule has 5 heteroatoms. The largest absolute Gasteiger partial charge is 0.464 e. The van der Waals surface area contributed by atoms with Crippen LogP contribution in [0, 0.1) is 0 Å². The van der Waals surface area contributed by atoms with Crippen molar-refractivity contribution in [2.45, 2.75) is 0 Å². The molecule has 0 spiro atoms. The average Bonchev–Trinajstić information content (AvgIpc) is 2.94.